The Balaban J connectivity index is 2.26. The normalized spacial score (nSPS) is 33.9. The Bertz CT molecular complexity index is 275. The van der Waals surface area contributed by atoms with Gasteiger partial charge in [-0.05, 0) is 25.7 Å². The van der Waals surface area contributed by atoms with Crippen LogP contribution in [0.3, 0.4) is 0 Å². The Morgan fingerprint density at radius 2 is 1.53 bits per heavy atom. The number of rotatable bonds is 2. The van der Waals surface area contributed by atoms with Crippen LogP contribution in [0.1, 0.15) is 32.1 Å². The van der Waals surface area contributed by atoms with E-state index in [1.165, 1.54) is 0 Å². The molecule has 2 heterocycles. The van der Waals surface area contributed by atoms with Crippen molar-refractivity contribution in [1.29, 1.82) is 0 Å². The van der Waals surface area contributed by atoms with E-state index < -0.39 is 17.0 Å². The quantitative estimate of drug-likeness (QED) is 0.751. The number of aliphatic carboxylic acids is 1. The maximum Gasteiger partial charge on any atom is 0.312 e. The molecule has 0 amide bonds. The van der Waals surface area contributed by atoms with Gasteiger partial charge in [0, 0.05) is 32.8 Å². The van der Waals surface area contributed by atoms with Gasteiger partial charge >= 0.3 is 5.97 Å². The van der Waals surface area contributed by atoms with E-state index >= 15 is 0 Å². The van der Waals surface area contributed by atoms with E-state index in [-0.39, 0.29) is 0 Å². The van der Waals surface area contributed by atoms with Crippen LogP contribution in [0.4, 0.5) is 0 Å². The summed E-state index contributed by atoms with van der Waals surface area (Å²) in [6.45, 7) is 1.87. The first-order valence-corrected chi connectivity index (χ1v) is 6.22. The maximum atomic E-state index is 11.6. The molecule has 1 unspecified atom stereocenters. The molecule has 0 spiro atoms. The van der Waals surface area contributed by atoms with E-state index in [1.54, 1.807) is 0 Å². The second kappa shape index (κ2) is 4.92. The Morgan fingerprint density at radius 3 is 2.18 bits per heavy atom. The van der Waals surface area contributed by atoms with E-state index in [2.05, 4.69) is 0 Å². The lowest BCUT2D eigenvalue weighted by atomic mass is 9.64. The Labute approximate surface area is 101 Å². The minimum absolute atomic E-state index is 0.388. The highest BCUT2D eigenvalue weighted by Crippen LogP contribution is 2.46. The number of hydrogen-bond donors (Lipinski definition) is 2. The molecule has 0 aromatic carbocycles. The van der Waals surface area contributed by atoms with Crippen LogP contribution >= 0.6 is 0 Å². The molecule has 0 saturated carbocycles. The lowest BCUT2D eigenvalue weighted by molar-refractivity contribution is -0.187. The molecule has 5 heteroatoms. The number of ether oxygens (including phenoxy) is 2. The highest BCUT2D eigenvalue weighted by Gasteiger charge is 2.56. The first-order valence-electron chi connectivity index (χ1n) is 6.22. The van der Waals surface area contributed by atoms with Gasteiger partial charge in [-0.1, -0.05) is 0 Å². The van der Waals surface area contributed by atoms with Crippen molar-refractivity contribution in [1.82, 2.24) is 0 Å². The molecule has 2 saturated heterocycles. The average molecular weight is 244 g/mol. The molecule has 2 rings (SSSR count). The molecule has 1 atom stereocenters. The fourth-order valence-electron chi connectivity index (χ4n) is 3.01. The number of hydrogen-bond acceptors (Lipinski definition) is 4. The first-order chi connectivity index (χ1) is 8.11. The molecule has 0 aromatic heterocycles. The maximum absolute atomic E-state index is 11.6. The van der Waals surface area contributed by atoms with Crippen molar-refractivity contribution in [3.05, 3.63) is 0 Å². The predicted molar refractivity (Wildman–Crippen MR) is 59.7 cm³/mol. The minimum Gasteiger partial charge on any atom is -0.481 e. The number of carboxylic acids is 1. The van der Waals surface area contributed by atoms with Gasteiger partial charge in [-0.2, -0.15) is 0 Å². The van der Waals surface area contributed by atoms with Gasteiger partial charge in [0.2, 0.25) is 0 Å². The average Bonchev–Trinajstić information content (AvgIpc) is 2.56. The Morgan fingerprint density at radius 1 is 0.941 bits per heavy atom. The van der Waals surface area contributed by atoms with Gasteiger partial charge in [-0.3, -0.25) is 4.79 Å². The standard InChI is InChI=1S/C12H20O5/c13-10(14)11(3-7-17-8-4-11)12(15)2-1-6-16-9-5-12/h15H,1-9H2,(H,13,14). The van der Waals surface area contributed by atoms with Gasteiger partial charge in [0.25, 0.3) is 0 Å². The molecule has 0 radical (unpaired) electrons. The number of aliphatic hydroxyl groups is 1. The van der Waals surface area contributed by atoms with Crippen molar-refractivity contribution < 1.29 is 24.5 Å². The van der Waals surface area contributed by atoms with Crippen molar-refractivity contribution in [3.63, 3.8) is 0 Å². The summed E-state index contributed by atoms with van der Waals surface area (Å²) in [4.78, 5) is 11.6. The van der Waals surface area contributed by atoms with Crippen LogP contribution in [0.25, 0.3) is 0 Å². The van der Waals surface area contributed by atoms with E-state index in [0.717, 1.165) is 0 Å². The lowest BCUT2D eigenvalue weighted by Gasteiger charge is -2.46. The fraction of sp³-hybridized carbons (Fsp3) is 0.917. The van der Waals surface area contributed by atoms with Crippen LogP contribution in [0.5, 0.6) is 0 Å². The predicted octanol–water partition coefficient (Wildman–Crippen LogP) is 0.799. The summed E-state index contributed by atoms with van der Waals surface area (Å²) < 4.78 is 10.6. The summed E-state index contributed by atoms with van der Waals surface area (Å²) in [5, 5.41) is 20.3. The molecule has 0 bridgehead atoms. The molecule has 2 aliphatic rings. The van der Waals surface area contributed by atoms with Crippen LogP contribution in [0.15, 0.2) is 0 Å². The summed E-state index contributed by atoms with van der Waals surface area (Å²) in [7, 11) is 0. The molecule has 17 heavy (non-hydrogen) atoms. The van der Waals surface area contributed by atoms with Crippen LogP contribution in [-0.2, 0) is 14.3 Å². The zero-order valence-electron chi connectivity index (χ0n) is 9.98. The van der Waals surface area contributed by atoms with Crippen molar-refractivity contribution in [2.24, 2.45) is 5.41 Å². The van der Waals surface area contributed by atoms with Crippen LogP contribution in [0.2, 0.25) is 0 Å². The largest absolute Gasteiger partial charge is 0.481 e. The molecule has 5 nitrogen and oxygen atoms in total. The van der Waals surface area contributed by atoms with Crippen molar-refractivity contribution >= 4 is 5.97 Å². The lowest BCUT2D eigenvalue weighted by Crippen LogP contribution is -2.56. The van der Waals surface area contributed by atoms with Crippen molar-refractivity contribution in [2.45, 2.75) is 37.7 Å². The third-order valence-corrected chi connectivity index (χ3v) is 4.19. The van der Waals surface area contributed by atoms with Gasteiger partial charge in [0.1, 0.15) is 5.41 Å². The van der Waals surface area contributed by atoms with Crippen molar-refractivity contribution in [3.8, 4) is 0 Å². The van der Waals surface area contributed by atoms with Gasteiger partial charge in [0.15, 0.2) is 0 Å². The molecular weight excluding hydrogens is 224 g/mol. The van der Waals surface area contributed by atoms with E-state index in [4.69, 9.17) is 9.47 Å². The number of carbonyl (C=O) groups is 1. The van der Waals surface area contributed by atoms with Crippen molar-refractivity contribution in [2.75, 3.05) is 26.4 Å². The number of carboxylic acid groups (broad SMARTS) is 1. The molecule has 2 fully saturated rings. The second-order valence-corrected chi connectivity index (χ2v) is 5.00. The SMILES string of the molecule is O=C(O)C1(C2(O)CCCOCC2)CCOCC1. The van der Waals surface area contributed by atoms with Gasteiger partial charge < -0.3 is 19.7 Å². The highest BCUT2D eigenvalue weighted by molar-refractivity contribution is 5.76. The summed E-state index contributed by atoms with van der Waals surface area (Å²) in [5.74, 6) is -0.898. The van der Waals surface area contributed by atoms with Gasteiger partial charge in [-0.25, -0.2) is 0 Å². The third-order valence-electron chi connectivity index (χ3n) is 4.19. The summed E-state index contributed by atoms with van der Waals surface area (Å²) in [6.07, 6.45) is 2.39. The molecule has 2 aliphatic heterocycles. The highest BCUT2D eigenvalue weighted by atomic mass is 16.5. The molecule has 0 aromatic rings. The fourth-order valence-corrected chi connectivity index (χ4v) is 3.01. The zero-order valence-corrected chi connectivity index (χ0v) is 9.98. The van der Waals surface area contributed by atoms with Gasteiger partial charge in [0.05, 0.1) is 5.60 Å². The Hall–Kier alpha value is -0.650. The van der Waals surface area contributed by atoms with E-state index in [0.29, 0.717) is 58.5 Å². The van der Waals surface area contributed by atoms with E-state index in [1.807, 2.05) is 0 Å². The molecule has 98 valence electrons. The Kier molecular flexibility index (Phi) is 3.70. The summed E-state index contributed by atoms with van der Waals surface area (Å²) in [5.41, 5.74) is -2.21. The van der Waals surface area contributed by atoms with Crippen LogP contribution in [0, 0.1) is 5.41 Å². The monoisotopic (exact) mass is 244 g/mol. The van der Waals surface area contributed by atoms with E-state index in [9.17, 15) is 15.0 Å². The third kappa shape index (κ3) is 2.19. The van der Waals surface area contributed by atoms with Crippen LogP contribution in [-0.4, -0.2) is 48.2 Å². The smallest absolute Gasteiger partial charge is 0.312 e. The topological polar surface area (TPSA) is 76.0 Å². The zero-order chi connectivity index (χ0) is 12.4. The molecular formula is C12H20O5. The second-order valence-electron chi connectivity index (χ2n) is 5.00. The van der Waals surface area contributed by atoms with Crippen LogP contribution < -0.4 is 0 Å². The molecule has 2 N–H and O–H groups in total. The molecule has 0 aliphatic carbocycles. The first kappa shape index (κ1) is 12.8. The minimum atomic E-state index is -1.15. The van der Waals surface area contributed by atoms with Gasteiger partial charge in [-0.15, -0.1) is 0 Å². The summed E-state index contributed by atoms with van der Waals surface area (Å²) >= 11 is 0. The summed E-state index contributed by atoms with van der Waals surface area (Å²) in [6, 6.07) is 0.